The lowest BCUT2D eigenvalue weighted by Crippen LogP contribution is -2.14. The van der Waals surface area contributed by atoms with E-state index in [1.54, 1.807) is 13.8 Å². The van der Waals surface area contributed by atoms with E-state index < -0.39 is 17.8 Å². The smallest absolute Gasteiger partial charge is 0.386 e. The molecule has 25 heavy (non-hydrogen) atoms. The van der Waals surface area contributed by atoms with E-state index in [2.05, 4.69) is 15.1 Å². The van der Waals surface area contributed by atoms with E-state index in [1.165, 1.54) is 16.8 Å². The second-order valence-electron chi connectivity index (χ2n) is 5.75. The maximum Gasteiger partial charge on any atom is 0.416 e. The van der Waals surface area contributed by atoms with Crippen LogP contribution in [0.4, 0.5) is 13.2 Å². The number of aryl methyl sites for hydroxylation is 2. The highest BCUT2D eigenvalue weighted by molar-refractivity contribution is 5.76. The summed E-state index contributed by atoms with van der Waals surface area (Å²) in [5.74, 6) is 0.405. The number of benzene rings is 1. The van der Waals surface area contributed by atoms with Gasteiger partial charge in [-0.1, -0.05) is 12.1 Å². The molecule has 132 valence electrons. The van der Waals surface area contributed by atoms with Gasteiger partial charge in [0.25, 0.3) is 5.56 Å². The van der Waals surface area contributed by atoms with Gasteiger partial charge in [0.2, 0.25) is 0 Å². The molecule has 2 N–H and O–H groups in total. The number of fused-ring (bicyclic) bond motifs is 1. The lowest BCUT2D eigenvalue weighted by atomic mass is 10.1. The first kappa shape index (κ1) is 17.2. The number of hydrogen-bond acceptors (Lipinski definition) is 4. The number of aliphatic hydroxyl groups is 1. The number of halogens is 3. The van der Waals surface area contributed by atoms with Crippen molar-refractivity contribution in [2.24, 2.45) is 0 Å². The normalized spacial score (nSPS) is 13.4. The zero-order valence-electron chi connectivity index (χ0n) is 13.4. The van der Waals surface area contributed by atoms with Crippen LogP contribution >= 0.6 is 0 Å². The first-order chi connectivity index (χ1) is 11.7. The molecule has 0 aliphatic heterocycles. The van der Waals surface area contributed by atoms with Crippen LogP contribution in [-0.4, -0.2) is 24.9 Å². The van der Waals surface area contributed by atoms with Crippen molar-refractivity contribution in [3.05, 3.63) is 57.3 Å². The molecule has 6 nitrogen and oxygen atoms in total. The Hall–Kier alpha value is -2.68. The van der Waals surface area contributed by atoms with Gasteiger partial charge >= 0.3 is 6.18 Å². The van der Waals surface area contributed by atoms with Gasteiger partial charge in [0.05, 0.1) is 23.9 Å². The third-order valence-corrected chi connectivity index (χ3v) is 3.86. The first-order valence-electron chi connectivity index (χ1n) is 7.46. The molecule has 3 rings (SSSR count). The minimum Gasteiger partial charge on any atom is -0.386 e. The lowest BCUT2D eigenvalue weighted by Gasteiger charge is -2.13. The fraction of sp³-hybridized carbons (Fsp3) is 0.312. The average molecular weight is 352 g/mol. The fourth-order valence-electron chi connectivity index (χ4n) is 2.65. The molecule has 0 aliphatic rings. The Kier molecular flexibility index (Phi) is 4.11. The lowest BCUT2D eigenvalue weighted by molar-refractivity contribution is -0.137. The molecular formula is C16H15F3N4O2. The van der Waals surface area contributed by atoms with Gasteiger partial charge in [0.1, 0.15) is 11.2 Å². The number of nitrogens with one attached hydrogen (secondary N) is 1. The van der Waals surface area contributed by atoms with Gasteiger partial charge in [-0.3, -0.25) is 4.79 Å². The molecule has 0 fully saturated rings. The second kappa shape index (κ2) is 5.99. The highest BCUT2D eigenvalue weighted by Crippen LogP contribution is 2.30. The van der Waals surface area contributed by atoms with Crippen molar-refractivity contribution in [1.82, 2.24) is 19.7 Å². The van der Waals surface area contributed by atoms with Gasteiger partial charge in [-0.15, -0.1) is 0 Å². The quantitative estimate of drug-likeness (QED) is 0.759. The third kappa shape index (κ3) is 3.27. The molecule has 2 aromatic heterocycles. The van der Waals surface area contributed by atoms with Gasteiger partial charge in [0, 0.05) is 0 Å². The number of aliphatic hydroxyl groups excluding tert-OH is 1. The molecule has 9 heteroatoms. The number of aromatic amines is 1. The third-order valence-electron chi connectivity index (χ3n) is 3.86. The predicted molar refractivity (Wildman–Crippen MR) is 84.0 cm³/mol. The van der Waals surface area contributed by atoms with Crippen LogP contribution in [0.15, 0.2) is 29.1 Å². The number of H-pyrrole nitrogens is 1. The van der Waals surface area contributed by atoms with Gasteiger partial charge in [-0.05, 0) is 31.5 Å². The van der Waals surface area contributed by atoms with E-state index in [1.807, 2.05) is 0 Å². The van der Waals surface area contributed by atoms with Crippen molar-refractivity contribution >= 4 is 11.0 Å². The van der Waals surface area contributed by atoms with Gasteiger partial charge in [-0.25, -0.2) is 9.67 Å². The summed E-state index contributed by atoms with van der Waals surface area (Å²) in [6, 6.07) is 4.27. The molecule has 3 aromatic rings. The predicted octanol–water partition coefficient (Wildman–Crippen LogP) is 2.49. The summed E-state index contributed by atoms with van der Waals surface area (Å²) in [6.45, 7) is 3.24. The van der Waals surface area contributed by atoms with Gasteiger partial charge < -0.3 is 10.1 Å². The van der Waals surface area contributed by atoms with Crippen LogP contribution in [0.5, 0.6) is 0 Å². The second-order valence-corrected chi connectivity index (χ2v) is 5.75. The van der Waals surface area contributed by atoms with Crippen molar-refractivity contribution in [3.63, 3.8) is 0 Å². The maximum atomic E-state index is 12.6. The minimum atomic E-state index is -4.43. The Bertz CT molecular complexity index is 974. The standard InChI is InChI=1S/C16H15F3N4O2/c1-8-13-14(20-9(2)21-15(13)25)23(22-8)7-12(24)10-3-5-11(6-4-10)16(17,18)19/h3-6,12,24H,7H2,1-2H3,(H,20,21,25). The van der Waals surface area contributed by atoms with E-state index in [0.717, 1.165) is 12.1 Å². The highest BCUT2D eigenvalue weighted by Gasteiger charge is 2.30. The Morgan fingerprint density at radius 1 is 1.24 bits per heavy atom. The van der Waals surface area contributed by atoms with Crippen molar-refractivity contribution in [2.45, 2.75) is 32.7 Å². The summed E-state index contributed by atoms with van der Waals surface area (Å²) in [7, 11) is 0. The summed E-state index contributed by atoms with van der Waals surface area (Å²) in [5, 5.41) is 14.9. The molecule has 0 saturated heterocycles. The monoisotopic (exact) mass is 352 g/mol. The first-order valence-corrected chi connectivity index (χ1v) is 7.46. The van der Waals surface area contributed by atoms with Crippen molar-refractivity contribution < 1.29 is 18.3 Å². The molecule has 1 unspecified atom stereocenters. The molecule has 0 spiro atoms. The molecule has 0 bridgehead atoms. The van der Waals surface area contributed by atoms with E-state index in [0.29, 0.717) is 28.1 Å². The fourth-order valence-corrected chi connectivity index (χ4v) is 2.65. The minimum absolute atomic E-state index is 0.0361. The summed E-state index contributed by atoms with van der Waals surface area (Å²) in [5.41, 5.74) is -0.00752. The summed E-state index contributed by atoms with van der Waals surface area (Å²) >= 11 is 0. The number of aromatic nitrogens is 4. The highest BCUT2D eigenvalue weighted by atomic mass is 19.4. The number of nitrogens with zero attached hydrogens (tertiary/aromatic N) is 3. The van der Waals surface area contributed by atoms with Crippen LogP contribution < -0.4 is 5.56 Å². The van der Waals surface area contributed by atoms with Crippen molar-refractivity contribution in [2.75, 3.05) is 0 Å². The Morgan fingerprint density at radius 2 is 1.88 bits per heavy atom. The van der Waals surface area contributed by atoms with E-state index in [9.17, 15) is 23.1 Å². The topological polar surface area (TPSA) is 83.8 Å². The average Bonchev–Trinajstić information content (AvgIpc) is 2.82. The number of rotatable bonds is 3. The van der Waals surface area contributed by atoms with Crippen LogP contribution in [0.2, 0.25) is 0 Å². The molecular weight excluding hydrogens is 337 g/mol. The van der Waals surface area contributed by atoms with E-state index >= 15 is 0 Å². The Balaban J connectivity index is 1.92. The number of hydrogen-bond donors (Lipinski definition) is 2. The number of alkyl halides is 3. The van der Waals surface area contributed by atoms with E-state index in [4.69, 9.17) is 0 Å². The summed E-state index contributed by atoms with van der Waals surface area (Å²) in [4.78, 5) is 18.8. The van der Waals surface area contributed by atoms with Crippen LogP contribution in [0.1, 0.15) is 28.7 Å². The molecule has 2 heterocycles. The van der Waals surface area contributed by atoms with Gasteiger partial charge in [0.15, 0.2) is 5.65 Å². The Morgan fingerprint density at radius 3 is 2.48 bits per heavy atom. The summed E-state index contributed by atoms with van der Waals surface area (Å²) in [6.07, 6.45) is -5.52. The Labute approximate surface area is 139 Å². The molecule has 1 atom stereocenters. The molecule has 1 aromatic carbocycles. The van der Waals surface area contributed by atoms with Crippen molar-refractivity contribution in [3.8, 4) is 0 Å². The molecule has 0 amide bonds. The van der Waals surface area contributed by atoms with Crippen LogP contribution in [0.25, 0.3) is 11.0 Å². The van der Waals surface area contributed by atoms with Gasteiger partial charge in [-0.2, -0.15) is 18.3 Å². The van der Waals surface area contributed by atoms with Crippen molar-refractivity contribution in [1.29, 1.82) is 0 Å². The zero-order chi connectivity index (χ0) is 18.4. The maximum absolute atomic E-state index is 12.6. The molecule has 0 saturated carbocycles. The molecule has 0 radical (unpaired) electrons. The zero-order valence-corrected chi connectivity index (χ0v) is 13.4. The van der Waals surface area contributed by atoms with Crippen LogP contribution in [0, 0.1) is 13.8 Å². The molecule has 0 aliphatic carbocycles. The van der Waals surface area contributed by atoms with E-state index in [-0.39, 0.29) is 12.1 Å². The van der Waals surface area contributed by atoms with Crippen LogP contribution in [0.3, 0.4) is 0 Å². The summed E-state index contributed by atoms with van der Waals surface area (Å²) < 4.78 is 39.2. The SMILES string of the molecule is Cc1nc2c(c(C)nn2CC(O)c2ccc(C(F)(F)F)cc2)c(=O)[nH]1. The largest absolute Gasteiger partial charge is 0.416 e. The van der Waals surface area contributed by atoms with Crippen LogP contribution in [-0.2, 0) is 12.7 Å².